The van der Waals surface area contributed by atoms with Crippen LogP contribution in [0.15, 0.2) is 54.6 Å². The third kappa shape index (κ3) is 1.84. The van der Waals surface area contributed by atoms with Gasteiger partial charge in [-0.3, -0.25) is 0 Å². The molecule has 0 radical (unpaired) electrons. The minimum absolute atomic E-state index is 0.806. The molecule has 0 atom stereocenters. The molecule has 0 amide bonds. The van der Waals surface area contributed by atoms with Gasteiger partial charge >= 0.3 is 0 Å². The fraction of sp³-hybridized carbons (Fsp3) is 0. The standard InChI is InChI=1S/C15H11IN2/c16-13-14(17)11-8-4-5-9-12(11)18-15(13)10-6-2-1-3-7-10/h1-9H,(H2,17,18). The van der Waals surface area contributed by atoms with Crippen LogP contribution in [0.5, 0.6) is 0 Å². The number of aromatic nitrogens is 1. The highest BCUT2D eigenvalue weighted by Gasteiger charge is 2.11. The molecule has 0 aliphatic carbocycles. The molecule has 88 valence electrons. The van der Waals surface area contributed by atoms with E-state index in [1.807, 2.05) is 42.5 Å². The topological polar surface area (TPSA) is 38.9 Å². The number of nitrogens with two attached hydrogens (primary N) is 1. The fourth-order valence-corrected chi connectivity index (χ4v) is 2.72. The van der Waals surface area contributed by atoms with Gasteiger partial charge in [0.15, 0.2) is 0 Å². The maximum atomic E-state index is 6.21. The van der Waals surface area contributed by atoms with Crippen LogP contribution in [0.3, 0.4) is 0 Å². The van der Waals surface area contributed by atoms with E-state index in [1.54, 1.807) is 0 Å². The number of para-hydroxylation sites is 1. The molecule has 3 rings (SSSR count). The molecule has 0 saturated carbocycles. The summed E-state index contributed by atoms with van der Waals surface area (Å²) >= 11 is 2.27. The summed E-state index contributed by atoms with van der Waals surface area (Å²) in [6.07, 6.45) is 0. The summed E-state index contributed by atoms with van der Waals surface area (Å²) in [4.78, 5) is 4.72. The Hall–Kier alpha value is -1.62. The molecule has 0 spiro atoms. The molecule has 0 unspecified atom stereocenters. The Morgan fingerprint density at radius 2 is 1.56 bits per heavy atom. The van der Waals surface area contributed by atoms with Crippen LogP contribution in [0.25, 0.3) is 22.2 Å². The van der Waals surface area contributed by atoms with Gasteiger partial charge in [0.05, 0.1) is 20.5 Å². The van der Waals surface area contributed by atoms with Crippen LogP contribution in [-0.4, -0.2) is 4.98 Å². The number of hydrogen-bond acceptors (Lipinski definition) is 2. The molecule has 0 saturated heterocycles. The van der Waals surface area contributed by atoms with Crippen molar-refractivity contribution in [1.82, 2.24) is 4.98 Å². The first-order chi connectivity index (χ1) is 8.77. The van der Waals surface area contributed by atoms with Crippen molar-refractivity contribution in [3.05, 3.63) is 58.2 Å². The number of halogens is 1. The largest absolute Gasteiger partial charge is 0.397 e. The number of anilines is 1. The van der Waals surface area contributed by atoms with Crippen molar-refractivity contribution in [2.24, 2.45) is 0 Å². The van der Waals surface area contributed by atoms with E-state index >= 15 is 0 Å². The second-order valence-electron chi connectivity index (χ2n) is 4.07. The van der Waals surface area contributed by atoms with E-state index in [2.05, 4.69) is 34.7 Å². The SMILES string of the molecule is Nc1c(I)c(-c2ccccc2)nc2ccccc12. The van der Waals surface area contributed by atoms with Gasteiger partial charge < -0.3 is 5.73 Å². The van der Waals surface area contributed by atoms with Gasteiger partial charge in [0.2, 0.25) is 0 Å². The first kappa shape index (κ1) is 11.5. The van der Waals surface area contributed by atoms with E-state index in [4.69, 9.17) is 10.7 Å². The Kier molecular flexibility index (Phi) is 2.91. The summed E-state index contributed by atoms with van der Waals surface area (Å²) in [7, 11) is 0. The molecule has 3 aromatic rings. The zero-order valence-corrected chi connectivity index (χ0v) is 11.8. The van der Waals surface area contributed by atoms with Crippen LogP contribution in [0.2, 0.25) is 0 Å². The summed E-state index contributed by atoms with van der Waals surface area (Å²) in [6.45, 7) is 0. The van der Waals surface area contributed by atoms with E-state index in [0.717, 1.165) is 31.4 Å². The molecule has 3 heteroatoms. The van der Waals surface area contributed by atoms with E-state index in [1.165, 1.54) is 0 Å². The highest BCUT2D eigenvalue weighted by molar-refractivity contribution is 14.1. The van der Waals surface area contributed by atoms with Crippen LogP contribution in [0.1, 0.15) is 0 Å². The first-order valence-corrected chi connectivity index (χ1v) is 6.74. The van der Waals surface area contributed by atoms with Gasteiger partial charge in [0.25, 0.3) is 0 Å². The second-order valence-corrected chi connectivity index (χ2v) is 5.15. The van der Waals surface area contributed by atoms with Crippen molar-refractivity contribution in [2.75, 3.05) is 5.73 Å². The molecule has 0 aliphatic rings. The summed E-state index contributed by atoms with van der Waals surface area (Å²) in [5.74, 6) is 0. The third-order valence-electron chi connectivity index (χ3n) is 2.92. The van der Waals surface area contributed by atoms with Gasteiger partial charge in [0, 0.05) is 10.9 Å². The molecule has 1 heterocycles. The van der Waals surface area contributed by atoms with Crippen LogP contribution >= 0.6 is 22.6 Å². The quantitative estimate of drug-likeness (QED) is 0.674. The predicted octanol–water partition coefficient (Wildman–Crippen LogP) is 4.09. The molecule has 0 fully saturated rings. The normalized spacial score (nSPS) is 10.7. The van der Waals surface area contributed by atoms with Gasteiger partial charge in [-0.1, -0.05) is 48.5 Å². The molecule has 0 aliphatic heterocycles. The number of fused-ring (bicyclic) bond motifs is 1. The average Bonchev–Trinajstić information content (AvgIpc) is 2.44. The Balaban J connectivity index is 2.34. The minimum atomic E-state index is 0.806. The number of pyridine rings is 1. The predicted molar refractivity (Wildman–Crippen MR) is 84.3 cm³/mol. The lowest BCUT2D eigenvalue weighted by molar-refractivity contribution is 1.38. The van der Waals surface area contributed by atoms with E-state index in [9.17, 15) is 0 Å². The lowest BCUT2D eigenvalue weighted by Gasteiger charge is -2.10. The fourth-order valence-electron chi connectivity index (χ4n) is 2.00. The van der Waals surface area contributed by atoms with Crippen molar-refractivity contribution in [3.63, 3.8) is 0 Å². The molecule has 1 aromatic heterocycles. The smallest absolute Gasteiger partial charge is 0.0863 e. The minimum Gasteiger partial charge on any atom is -0.397 e. The Morgan fingerprint density at radius 1 is 0.889 bits per heavy atom. The van der Waals surface area contributed by atoms with Crippen molar-refractivity contribution in [1.29, 1.82) is 0 Å². The number of benzene rings is 2. The Morgan fingerprint density at radius 3 is 2.33 bits per heavy atom. The van der Waals surface area contributed by atoms with Crippen molar-refractivity contribution in [2.45, 2.75) is 0 Å². The Bertz CT molecular complexity index is 708. The van der Waals surface area contributed by atoms with Gasteiger partial charge in [0.1, 0.15) is 0 Å². The van der Waals surface area contributed by atoms with Crippen molar-refractivity contribution in [3.8, 4) is 11.3 Å². The zero-order chi connectivity index (χ0) is 12.5. The molecular formula is C15H11IN2. The van der Waals surface area contributed by atoms with Gasteiger partial charge in [-0.05, 0) is 28.7 Å². The average molecular weight is 346 g/mol. The third-order valence-corrected chi connectivity index (χ3v) is 4.01. The van der Waals surface area contributed by atoms with Gasteiger partial charge in [-0.25, -0.2) is 4.98 Å². The van der Waals surface area contributed by atoms with Crippen LogP contribution < -0.4 is 5.73 Å². The maximum absolute atomic E-state index is 6.21. The van der Waals surface area contributed by atoms with Gasteiger partial charge in [-0.15, -0.1) is 0 Å². The van der Waals surface area contributed by atoms with Gasteiger partial charge in [-0.2, -0.15) is 0 Å². The second kappa shape index (κ2) is 4.57. The number of hydrogen-bond donors (Lipinski definition) is 1. The molecule has 2 aromatic carbocycles. The summed E-state index contributed by atoms with van der Waals surface area (Å²) in [5.41, 5.74) is 10.0. The number of nitrogen functional groups attached to an aromatic ring is 1. The van der Waals surface area contributed by atoms with Crippen molar-refractivity contribution < 1.29 is 0 Å². The van der Waals surface area contributed by atoms with E-state index in [-0.39, 0.29) is 0 Å². The number of rotatable bonds is 1. The molecule has 2 N–H and O–H groups in total. The number of nitrogens with zero attached hydrogens (tertiary/aromatic N) is 1. The molecule has 18 heavy (non-hydrogen) atoms. The van der Waals surface area contributed by atoms with Crippen LogP contribution in [0, 0.1) is 3.57 Å². The lowest BCUT2D eigenvalue weighted by atomic mass is 10.1. The Labute approximate surface area is 119 Å². The zero-order valence-electron chi connectivity index (χ0n) is 9.60. The first-order valence-electron chi connectivity index (χ1n) is 5.66. The maximum Gasteiger partial charge on any atom is 0.0863 e. The highest BCUT2D eigenvalue weighted by atomic mass is 127. The molecular weight excluding hydrogens is 335 g/mol. The lowest BCUT2D eigenvalue weighted by Crippen LogP contribution is -1.97. The summed E-state index contributed by atoms with van der Waals surface area (Å²) in [6, 6.07) is 18.1. The van der Waals surface area contributed by atoms with Crippen LogP contribution in [0.4, 0.5) is 5.69 Å². The molecule has 0 bridgehead atoms. The highest BCUT2D eigenvalue weighted by Crippen LogP contribution is 2.32. The van der Waals surface area contributed by atoms with E-state index < -0.39 is 0 Å². The van der Waals surface area contributed by atoms with E-state index in [0.29, 0.717) is 0 Å². The molecule has 2 nitrogen and oxygen atoms in total. The summed E-state index contributed by atoms with van der Waals surface area (Å²) in [5, 5.41) is 1.02. The van der Waals surface area contributed by atoms with Crippen LogP contribution in [-0.2, 0) is 0 Å². The summed E-state index contributed by atoms with van der Waals surface area (Å²) < 4.78 is 1.01. The monoisotopic (exact) mass is 346 g/mol. The van der Waals surface area contributed by atoms with Crippen molar-refractivity contribution >= 4 is 39.2 Å².